The van der Waals surface area contributed by atoms with Gasteiger partial charge in [-0.25, -0.2) is 0 Å². The third kappa shape index (κ3) is 4.05. The van der Waals surface area contributed by atoms with Gasteiger partial charge >= 0.3 is 0 Å². The molecule has 1 heterocycles. The molecule has 0 spiro atoms. The molecular formula is C18H18N2O2S. The molecule has 0 saturated heterocycles. The van der Waals surface area contributed by atoms with Crippen molar-refractivity contribution in [3.05, 3.63) is 57.3 Å². The molecule has 1 N–H and O–H groups in total. The van der Waals surface area contributed by atoms with Crippen LogP contribution in [0.4, 0.5) is 0 Å². The van der Waals surface area contributed by atoms with Gasteiger partial charge in [0.2, 0.25) is 5.91 Å². The standard InChI is InChI=1S/C18H18N2O2S/c1-3-15-12(2)9-16(23-15)17(21)14(10-19)18(22)20-11-13-7-5-4-6-8-13/h4-9,14H,3,11H2,1-2H3,(H,20,22)/t14-/m1/s1. The number of nitrogens with one attached hydrogen (secondary N) is 1. The number of nitriles is 1. The van der Waals surface area contributed by atoms with Gasteiger partial charge in [-0.15, -0.1) is 11.3 Å². The maximum absolute atomic E-state index is 12.4. The van der Waals surface area contributed by atoms with E-state index >= 15 is 0 Å². The van der Waals surface area contributed by atoms with E-state index in [2.05, 4.69) is 5.32 Å². The zero-order valence-electron chi connectivity index (χ0n) is 13.1. The van der Waals surface area contributed by atoms with Crippen molar-refractivity contribution in [3.8, 4) is 6.07 Å². The van der Waals surface area contributed by atoms with Gasteiger partial charge in [0.1, 0.15) is 0 Å². The predicted molar refractivity (Wildman–Crippen MR) is 90.2 cm³/mol. The average molecular weight is 326 g/mol. The van der Waals surface area contributed by atoms with Crippen molar-refractivity contribution >= 4 is 23.0 Å². The molecule has 0 radical (unpaired) electrons. The number of amides is 1. The Morgan fingerprint density at radius 2 is 2.00 bits per heavy atom. The highest BCUT2D eigenvalue weighted by Gasteiger charge is 2.28. The Morgan fingerprint density at radius 1 is 1.30 bits per heavy atom. The second kappa shape index (κ2) is 7.70. The first-order chi connectivity index (χ1) is 11.1. The van der Waals surface area contributed by atoms with Crippen LogP contribution in [0.5, 0.6) is 0 Å². The van der Waals surface area contributed by atoms with Gasteiger partial charge in [-0.1, -0.05) is 37.3 Å². The molecule has 0 unspecified atom stereocenters. The summed E-state index contributed by atoms with van der Waals surface area (Å²) in [6, 6.07) is 13.0. The van der Waals surface area contributed by atoms with Crippen LogP contribution >= 0.6 is 11.3 Å². The van der Waals surface area contributed by atoms with Gasteiger partial charge in [0.15, 0.2) is 11.7 Å². The molecule has 0 fully saturated rings. The molecule has 0 bridgehead atoms. The van der Waals surface area contributed by atoms with Crippen LogP contribution < -0.4 is 5.32 Å². The molecule has 5 heteroatoms. The van der Waals surface area contributed by atoms with Crippen LogP contribution in [0.1, 0.15) is 32.6 Å². The van der Waals surface area contributed by atoms with Gasteiger partial charge in [-0.05, 0) is 30.5 Å². The van der Waals surface area contributed by atoms with E-state index in [1.54, 1.807) is 6.07 Å². The van der Waals surface area contributed by atoms with Crippen LogP contribution in [-0.2, 0) is 17.8 Å². The minimum atomic E-state index is -1.30. The molecule has 1 aromatic heterocycles. The quantitative estimate of drug-likeness (QED) is 0.654. The summed E-state index contributed by atoms with van der Waals surface area (Å²) in [6.07, 6.45) is 0.835. The maximum atomic E-state index is 12.4. The predicted octanol–water partition coefficient (Wildman–Crippen LogP) is 3.26. The van der Waals surface area contributed by atoms with E-state index in [9.17, 15) is 14.9 Å². The Labute approximate surface area is 139 Å². The van der Waals surface area contributed by atoms with E-state index in [4.69, 9.17) is 0 Å². The first-order valence-electron chi connectivity index (χ1n) is 7.41. The normalized spacial score (nSPS) is 11.5. The number of hydrogen-bond donors (Lipinski definition) is 1. The topological polar surface area (TPSA) is 70.0 Å². The molecule has 4 nitrogen and oxygen atoms in total. The summed E-state index contributed by atoms with van der Waals surface area (Å²) in [5.74, 6) is -2.28. The van der Waals surface area contributed by atoms with Gasteiger partial charge in [-0.2, -0.15) is 5.26 Å². The number of benzene rings is 1. The molecule has 0 aliphatic heterocycles. The van der Waals surface area contributed by atoms with Gasteiger partial charge in [0.25, 0.3) is 0 Å². The summed E-state index contributed by atoms with van der Waals surface area (Å²) in [6.45, 7) is 4.25. The Morgan fingerprint density at radius 3 is 2.57 bits per heavy atom. The SMILES string of the molecule is CCc1sc(C(=O)[C@@H](C#N)C(=O)NCc2ccccc2)cc1C. The minimum absolute atomic E-state index is 0.300. The first kappa shape index (κ1) is 16.9. The molecule has 0 aliphatic rings. The number of carbonyl (C=O) groups is 2. The Kier molecular flexibility index (Phi) is 5.67. The Balaban J connectivity index is 2.07. The van der Waals surface area contributed by atoms with Crippen molar-refractivity contribution in [1.82, 2.24) is 5.32 Å². The lowest BCUT2D eigenvalue weighted by Gasteiger charge is -2.08. The highest BCUT2D eigenvalue weighted by atomic mass is 32.1. The third-order valence-corrected chi connectivity index (χ3v) is 4.94. The van der Waals surface area contributed by atoms with E-state index in [0.717, 1.165) is 22.4 Å². The fraction of sp³-hybridized carbons (Fsp3) is 0.278. The summed E-state index contributed by atoms with van der Waals surface area (Å²) >= 11 is 1.36. The number of aryl methyl sites for hydroxylation is 2. The third-order valence-electron chi connectivity index (χ3n) is 3.55. The Hall–Kier alpha value is -2.45. The van der Waals surface area contributed by atoms with E-state index < -0.39 is 17.6 Å². The lowest BCUT2D eigenvalue weighted by atomic mass is 10.0. The highest BCUT2D eigenvalue weighted by Crippen LogP contribution is 2.24. The van der Waals surface area contributed by atoms with Crippen molar-refractivity contribution in [3.63, 3.8) is 0 Å². The zero-order valence-corrected chi connectivity index (χ0v) is 13.9. The number of Topliss-reactive ketones (excluding diaryl/α,β-unsaturated/α-hetero) is 1. The zero-order chi connectivity index (χ0) is 16.8. The summed E-state index contributed by atoms with van der Waals surface area (Å²) in [4.78, 5) is 26.2. The van der Waals surface area contributed by atoms with Crippen molar-refractivity contribution in [2.24, 2.45) is 5.92 Å². The second-order valence-electron chi connectivity index (χ2n) is 5.20. The van der Waals surface area contributed by atoms with Gasteiger partial charge in [0, 0.05) is 11.4 Å². The smallest absolute Gasteiger partial charge is 0.245 e. The van der Waals surface area contributed by atoms with E-state index in [-0.39, 0.29) is 0 Å². The van der Waals surface area contributed by atoms with E-state index in [0.29, 0.717) is 11.4 Å². The number of nitrogens with zero attached hydrogens (tertiary/aromatic N) is 1. The van der Waals surface area contributed by atoms with E-state index in [1.807, 2.05) is 50.2 Å². The molecular weight excluding hydrogens is 308 g/mol. The average Bonchev–Trinajstić information content (AvgIpc) is 2.95. The van der Waals surface area contributed by atoms with Crippen molar-refractivity contribution in [2.45, 2.75) is 26.8 Å². The number of thiophene rings is 1. The molecule has 0 saturated carbocycles. The van der Waals surface area contributed by atoms with Crippen LogP contribution in [0.2, 0.25) is 0 Å². The largest absolute Gasteiger partial charge is 0.350 e. The van der Waals surface area contributed by atoms with Crippen LogP contribution in [0, 0.1) is 24.2 Å². The fourth-order valence-electron chi connectivity index (χ4n) is 2.26. The van der Waals surface area contributed by atoms with Gasteiger partial charge < -0.3 is 5.32 Å². The van der Waals surface area contributed by atoms with Crippen LogP contribution in [0.15, 0.2) is 36.4 Å². The molecule has 1 amide bonds. The number of carbonyl (C=O) groups excluding carboxylic acids is 2. The van der Waals surface area contributed by atoms with Gasteiger partial charge in [-0.3, -0.25) is 9.59 Å². The number of ketones is 1. The molecule has 2 aromatic rings. The summed E-state index contributed by atoms with van der Waals surface area (Å²) in [5, 5.41) is 11.9. The number of hydrogen-bond acceptors (Lipinski definition) is 4. The summed E-state index contributed by atoms with van der Waals surface area (Å²) < 4.78 is 0. The lowest BCUT2D eigenvalue weighted by molar-refractivity contribution is -0.122. The lowest BCUT2D eigenvalue weighted by Crippen LogP contribution is -2.34. The van der Waals surface area contributed by atoms with Crippen LogP contribution in [-0.4, -0.2) is 11.7 Å². The molecule has 0 aliphatic carbocycles. The van der Waals surface area contributed by atoms with Gasteiger partial charge in [0.05, 0.1) is 10.9 Å². The van der Waals surface area contributed by atoms with Crippen molar-refractivity contribution < 1.29 is 9.59 Å². The molecule has 1 atom stereocenters. The molecule has 23 heavy (non-hydrogen) atoms. The molecule has 118 valence electrons. The maximum Gasteiger partial charge on any atom is 0.245 e. The van der Waals surface area contributed by atoms with E-state index in [1.165, 1.54) is 11.3 Å². The van der Waals surface area contributed by atoms with Crippen molar-refractivity contribution in [2.75, 3.05) is 0 Å². The molecule has 1 aromatic carbocycles. The van der Waals surface area contributed by atoms with Crippen molar-refractivity contribution in [1.29, 1.82) is 5.26 Å². The van der Waals surface area contributed by atoms with Crippen LogP contribution in [0.3, 0.4) is 0 Å². The summed E-state index contributed by atoms with van der Waals surface area (Å²) in [5.41, 5.74) is 1.95. The summed E-state index contributed by atoms with van der Waals surface area (Å²) in [7, 11) is 0. The second-order valence-corrected chi connectivity index (χ2v) is 6.34. The molecule has 2 rings (SSSR count). The minimum Gasteiger partial charge on any atom is -0.350 e. The highest BCUT2D eigenvalue weighted by molar-refractivity contribution is 7.14. The Bertz CT molecular complexity index is 744. The van der Waals surface area contributed by atoms with Crippen LogP contribution in [0.25, 0.3) is 0 Å². The first-order valence-corrected chi connectivity index (χ1v) is 8.23. The monoisotopic (exact) mass is 326 g/mol. The number of rotatable bonds is 6. The fourth-order valence-corrected chi connectivity index (χ4v) is 3.34.